The van der Waals surface area contributed by atoms with Gasteiger partial charge in [0.15, 0.2) is 11.6 Å². The Hall–Kier alpha value is -3.35. The molecule has 2 aromatic rings. The monoisotopic (exact) mass is 360 g/mol. The Morgan fingerprint density at radius 1 is 1.04 bits per heavy atom. The Labute approximate surface area is 149 Å². The molecular formula is C19H17FO6. The van der Waals surface area contributed by atoms with E-state index in [1.54, 1.807) is 18.2 Å². The highest BCUT2D eigenvalue weighted by Crippen LogP contribution is 2.27. The van der Waals surface area contributed by atoms with Crippen molar-refractivity contribution in [2.24, 2.45) is 0 Å². The number of esters is 1. The van der Waals surface area contributed by atoms with Gasteiger partial charge in [-0.1, -0.05) is 24.8 Å². The lowest BCUT2D eigenvalue weighted by Gasteiger charge is -2.08. The quantitative estimate of drug-likeness (QED) is 0.334. The molecular weight excluding hydrogens is 343 g/mol. The van der Waals surface area contributed by atoms with Crippen LogP contribution in [0.25, 0.3) is 11.1 Å². The van der Waals surface area contributed by atoms with Crippen molar-refractivity contribution in [2.45, 2.75) is 6.92 Å². The van der Waals surface area contributed by atoms with Gasteiger partial charge in [0.1, 0.15) is 5.75 Å². The standard InChI is InChI=1S/C19H17FO6/c1-12(2)18(21)24-11-25-19(22)26-15-7-4-13(5-8-15)14-6-9-17(23-3)16(20)10-14/h4-10H,1,11H2,2-3H3. The molecule has 7 heteroatoms. The smallest absolute Gasteiger partial charge is 0.494 e. The minimum Gasteiger partial charge on any atom is -0.494 e. The van der Waals surface area contributed by atoms with Gasteiger partial charge in [-0.15, -0.1) is 0 Å². The van der Waals surface area contributed by atoms with E-state index in [9.17, 15) is 14.0 Å². The highest BCUT2D eigenvalue weighted by molar-refractivity contribution is 5.86. The van der Waals surface area contributed by atoms with E-state index in [4.69, 9.17) is 9.47 Å². The van der Waals surface area contributed by atoms with E-state index in [1.165, 1.54) is 38.3 Å². The van der Waals surface area contributed by atoms with Gasteiger partial charge in [0.25, 0.3) is 0 Å². The predicted molar refractivity (Wildman–Crippen MR) is 91.3 cm³/mol. The Morgan fingerprint density at radius 3 is 2.27 bits per heavy atom. The first-order valence-corrected chi connectivity index (χ1v) is 7.52. The van der Waals surface area contributed by atoms with Crippen LogP contribution in [0.4, 0.5) is 9.18 Å². The van der Waals surface area contributed by atoms with E-state index in [0.717, 1.165) is 5.56 Å². The van der Waals surface area contributed by atoms with E-state index >= 15 is 0 Å². The summed E-state index contributed by atoms with van der Waals surface area (Å²) in [7, 11) is 1.39. The summed E-state index contributed by atoms with van der Waals surface area (Å²) in [5.41, 5.74) is 1.55. The van der Waals surface area contributed by atoms with Crippen molar-refractivity contribution in [1.29, 1.82) is 0 Å². The molecule has 0 aliphatic heterocycles. The first-order chi connectivity index (χ1) is 12.4. The summed E-state index contributed by atoms with van der Waals surface area (Å²) in [6.45, 7) is 4.29. The van der Waals surface area contributed by atoms with Crippen molar-refractivity contribution in [3.8, 4) is 22.6 Å². The Kier molecular flexibility index (Phi) is 6.32. The third-order valence-corrected chi connectivity index (χ3v) is 3.26. The van der Waals surface area contributed by atoms with Gasteiger partial charge in [0.05, 0.1) is 7.11 Å². The molecule has 0 unspecified atom stereocenters. The minimum atomic E-state index is -1.03. The minimum absolute atomic E-state index is 0.156. The number of hydrogen-bond donors (Lipinski definition) is 0. The fourth-order valence-corrected chi connectivity index (χ4v) is 1.94. The fourth-order valence-electron chi connectivity index (χ4n) is 1.94. The van der Waals surface area contributed by atoms with Crippen molar-refractivity contribution < 1.29 is 32.9 Å². The molecule has 2 aromatic carbocycles. The number of ether oxygens (including phenoxy) is 4. The molecule has 0 aromatic heterocycles. The normalized spacial score (nSPS) is 9.96. The molecule has 0 aliphatic rings. The van der Waals surface area contributed by atoms with Crippen LogP contribution >= 0.6 is 0 Å². The first kappa shape index (κ1) is 19.0. The highest BCUT2D eigenvalue weighted by atomic mass is 19.1. The van der Waals surface area contributed by atoms with Crippen LogP contribution in [0.15, 0.2) is 54.6 Å². The summed E-state index contributed by atoms with van der Waals surface area (Å²) in [6.07, 6.45) is -1.03. The lowest BCUT2D eigenvalue weighted by Crippen LogP contribution is -2.15. The average molecular weight is 360 g/mol. The summed E-state index contributed by atoms with van der Waals surface area (Å²) in [5.74, 6) is -0.769. The van der Waals surface area contributed by atoms with Crippen LogP contribution in [0, 0.1) is 5.82 Å². The number of methoxy groups -OCH3 is 1. The van der Waals surface area contributed by atoms with Crippen molar-refractivity contribution in [3.63, 3.8) is 0 Å². The molecule has 0 amide bonds. The molecule has 0 saturated heterocycles. The maximum Gasteiger partial charge on any atom is 0.516 e. The van der Waals surface area contributed by atoms with Crippen molar-refractivity contribution in [1.82, 2.24) is 0 Å². The second-order valence-corrected chi connectivity index (χ2v) is 5.20. The van der Waals surface area contributed by atoms with E-state index in [2.05, 4.69) is 16.1 Å². The van der Waals surface area contributed by atoms with Gasteiger partial charge in [0, 0.05) is 5.57 Å². The third kappa shape index (κ3) is 5.07. The molecule has 6 nitrogen and oxygen atoms in total. The number of benzene rings is 2. The van der Waals surface area contributed by atoms with Gasteiger partial charge in [0.2, 0.25) is 6.79 Å². The second-order valence-electron chi connectivity index (χ2n) is 5.20. The van der Waals surface area contributed by atoms with Crippen LogP contribution in [-0.2, 0) is 14.3 Å². The largest absolute Gasteiger partial charge is 0.516 e. The number of carbonyl (C=O) groups excluding carboxylic acids is 2. The van der Waals surface area contributed by atoms with E-state index in [-0.39, 0.29) is 17.1 Å². The van der Waals surface area contributed by atoms with Crippen molar-refractivity contribution >= 4 is 12.1 Å². The van der Waals surface area contributed by atoms with Crippen LogP contribution in [-0.4, -0.2) is 26.0 Å². The predicted octanol–water partition coefficient (Wildman–Crippen LogP) is 4.09. The zero-order valence-electron chi connectivity index (χ0n) is 14.3. The molecule has 0 fully saturated rings. The van der Waals surface area contributed by atoms with Gasteiger partial charge < -0.3 is 18.9 Å². The highest BCUT2D eigenvalue weighted by Gasteiger charge is 2.10. The van der Waals surface area contributed by atoms with E-state index in [0.29, 0.717) is 5.56 Å². The van der Waals surface area contributed by atoms with Gasteiger partial charge in [-0.3, -0.25) is 0 Å². The maximum atomic E-state index is 13.8. The zero-order valence-corrected chi connectivity index (χ0v) is 14.3. The van der Waals surface area contributed by atoms with Crippen molar-refractivity contribution in [2.75, 3.05) is 13.9 Å². The SMILES string of the molecule is C=C(C)C(=O)OCOC(=O)Oc1ccc(-c2ccc(OC)c(F)c2)cc1. The van der Waals surface area contributed by atoms with Crippen molar-refractivity contribution in [3.05, 3.63) is 60.4 Å². The van der Waals surface area contributed by atoms with Gasteiger partial charge in [-0.2, -0.15) is 0 Å². The Morgan fingerprint density at radius 2 is 1.69 bits per heavy atom. The van der Waals surface area contributed by atoms with Crippen LogP contribution < -0.4 is 9.47 Å². The molecule has 0 spiro atoms. The summed E-state index contributed by atoms with van der Waals surface area (Å²) in [4.78, 5) is 22.6. The number of carbonyl (C=O) groups is 2. The Balaban J connectivity index is 1.93. The lowest BCUT2D eigenvalue weighted by atomic mass is 10.1. The first-order valence-electron chi connectivity index (χ1n) is 7.52. The molecule has 0 radical (unpaired) electrons. The zero-order chi connectivity index (χ0) is 19.1. The molecule has 0 N–H and O–H groups in total. The topological polar surface area (TPSA) is 71.1 Å². The maximum absolute atomic E-state index is 13.8. The summed E-state index contributed by atoms with van der Waals surface area (Å²) >= 11 is 0. The molecule has 2 rings (SSSR count). The summed E-state index contributed by atoms with van der Waals surface area (Å²) in [5, 5.41) is 0. The van der Waals surface area contributed by atoms with Crippen LogP contribution in [0.2, 0.25) is 0 Å². The fraction of sp³-hybridized carbons (Fsp3) is 0.158. The summed E-state index contributed by atoms with van der Waals surface area (Å²) in [6, 6.07) is 11.0. The molecule has 0 bridgehead atoms. The Bertz CT molecular complexity index is 813. The molecule has 0 saturated carbocycles. The lowest BCUT2D eigenvalue weighted by molar-refractivity contribution is -0.147. The average Bonchev–Trinajstić information content (AvgIpc) is 2.62. The van der Waals surface area contributed by atoms with Gasteiger partial charge in [-0.25, -0.2) is 14.0 Å². The van der Waals surface area contributed by atoms with E-state index in [1.807, 2.05) is 0 Å². The van der Waals surface area contributed by atoms with Crippen LogP contribution in [0.3, 0.4) is 0 Å². The van der Waals surface area contributed by atoms with Crippen LogP contribution in [0.1, 0.15) is 6.92 Å². The summed E-state index contributed by atoms with van der Waals surface area (Å²) < 4.78 is 32.8. The van der Waals surface area contributed by atoms with Crippen LogP contribution in [0.5, 0.6) is 11.5 Å². The molecule has 0 aliphatic carbocycles. The number of rotatable bonds is 6. The number of halogens is 1. The molecule has 0 heterocycles. The van der Waals surface area contributed by atoms with Gasteiger partial charge in [-0.05, 0) is 42.3 Å². The number of hydrogen-bond acceptors (Lipinski definition) is 6. The molecule has 0 atom stereocenters. The third-order valence-electron chi connectivity index (χ3n) is 3.26. The van der Waals surface area contributed by atoms with Gasteiger partial charge >= 0.3 is 12.1 Å². The molecule has 136 valence electrons. The second kappa shape index (κ2) is 8.66. The molecule has 26 heavy (non-hydrogen) atoms. The van der Waals surface area contributed by atoms with E-state index < -0.39 is 24.7 Å².